The molecule has 0 saturated heterocycles. The molecular weight excluding hydrogens is 396 g/mol. The van der Waals surface area contributed by atoms with Gasteiger partial charge in [0.1, 0.15) is 0 Å². The fraction of sp³-hybridized carbons (Fsp3) is 0.905. The molecule has 0 spiro atoms. The van der Waals surface area contributed by atoms with Crippen molar-refractivity contribution in [2.75, 3.05) is 13.2 Å². The van der Waals surface area contributed by atoms with Gasteiger partial charge in [0, 0.05) is 0 Å². The Morgan fingerprint density at radius 2 is 1.34 bits per heavy atom. The number of rotatable bonds is 17. The molecule has 29 heavy (non-hydrogen) atoms. The van der Waals surface area contributed by atoms with Gasteiger partial charge >= 0.3 is 11.9 Å². The number of ether oxygens (including phenoxy) is 2. The van der Waals surface area contributed by atoms with Gasteiger partial charge in [-0.2, -0.15) is 8.42 Å². The second-order valence-electron chi connectivity index (χ2n) is 7.71. The highest BCUT2D eigenvalue weighted by Crippen LogP contribution is 2.17. The average Bonchev–Trinajstić information content (AvgIpc) is 2.67. The van der Waals surface area contributed by atoms with Crippen molar-refractivity contribution >= 4 is 22.1 Å². The summed E-state index contributed by atoms with van der Waals surface area (Å²) in [5.74, 6) is -1.60. The van der Waals surface area contributed by atoms with Gasteiger partial charge < -0.3 is 9.47 Å². The number of hydrogen-bond donors (Lipinski definition) is 1. The van der Waals surface area contributed by atoms with E-state index in [1.54, 1.807) is 0 Å². The summed E-state index contributed by atoms with van der Waals surface area (Å²) < 4.78 is 42.9. The van der Waals surface area contributed by atoms with Crippen molar-refractivity contribution in [3.05, 3.63) is 0 Å². The first-order chi connectivity index (χ1) is 13.7. The lowest BCUT2D eigenvalue weighted by atomic mass is 10.00. The first kappa shape index (κ1) is 27.8. The predicted molar refractivity (Wildman–Crippen MR) is 113 cm³/mol. The third-order valence-corrected chi connectivity index (χ3v) is 6.33. The van der Waals surface area contributed by atoms with Gasteiger partial charge in [0.2, 0.25) is 0 Å². The molecule has 0 saturated carbocycles. The predicted octanol–water partition coefficient (Wildman–Crippen LogP) is 4.54. The molecule has 172 valence electrons. The Morgan fingerprint density at radius 3 is 1.83 bits per heavy atom. The van der Waals surface area contributed by atoms with E-state index in [1.165, 1.54) is 0 Å². The highest BCUT2D eigenvalue weighted by Gasteiger charge is 2.36. The van der Waals surface area contributed by atoms with Crippen LogP contribution in [-0.2, 0) is 29.2 Å². The van der Waals surface area contributed by atoms with Crippen LogP contribution in [0.25, 0.3) is 0 Å². The molecule has 1 N–H and O–H groups in total. The van der Waals surface area contributed by atoms with E-state index in [0.29, 0.717) is 0 Å². The van der Waals surface area contributed by atoms with Crippen molar-refractivity contribution in [1.29, 1.82) is 0 Å². The number of carbonyl (C=O) groups is 2. The zero-order valence-corrected chi connectivity index (χ0v) is 19.3. The van der Waals surface area contributed by atoms with Crippen LogP contribution in [0.3, 0.4) is 0 Å². The van der Waals surface area contributed by atoms with Gasteiger partial charge in [-0.05, 0) is 24.7 Å². The van der Waals surface area contributed by atoms with Crippen LogP contribution >= 0.6 is 0 Å². The van der Waals surface area contributed by atoms with Crippen LogP contribution in [0.4, 0.5) is 0 Å². The molecule has 0 aliphatic rings. The Kier molecular flexibility index (Phi) is 15.0. The monoisotopic (exact) mass is 436 g/mol. The van der Waals surface area contributed by atoms with E-state index in [4.69, 9.17) is 9.47 Å². The fourth-order valence-corrected chi connectivity index (χ4v) is 3.67. The van der Waals surface area contributed by atoms with Gasteiger partial charge in [-0.1, -0.05) is 72.6 Å². The van der Waals surface area contributed by atoms with E-state index in [9.17, 15) is 22.6 Å². The molecule has 0 aromatic carbocycles. The summed E-state index contributed by atoms with van der Waals surface area (Å²) in [6.45, 7) is 8.41. The SMILES string of the molecule is CCCCCC(CC)COC(=O)C(CC(=O)OCC(CC)CCCC)S(=O)(=O)O. The summed E-state index contributed by atoms with van der Waals surface area (Å²) >= 11 is 0. The lowest BCUT2D eigenvalue weighted by molar-refractivity contribution is -0.151. The molecule has 0 fully saturated rings. The van der Waals surface area contributed by atoms with E-state index >= 15 is 0 Å². The molecule has 0 aliphatic carbocycles. The maximum absolute atomic E-state index is 12.2. The second kappa shape index (κ2) is 15.7. The molecule has 3 atom stereocenters. The standard InChI is InChI=1S/C21H40O7S/c1-5-9-11-13-18(8-4)16-28-21(23)19(29(24,25)26)14-20(22)27-15-17(7-3)12-10-6-2/h17-19H,5-16H2,1-4H3,(H,24,25,26). The summed E-state index contributed by atoms with van der Waals surface area (Å²) in [5, 5.41) is -1.95. The molecule has 0 aromatic heterocycles. The van der Waals surface area contributed by atoms with Crippen LogP contribution < -0.4 is 0 Å². The Bertz CT molecular complexity index is 559. The lowest BCUT2D eigenvalue weighted by Crippen LogP contribution is -2.35. The molecule has 3 unspecified atom stereocenters. The van der Waals surface area contributed by atoms with Gasteiger partial charge in [-0.15, -0.1) is 0 Å². The van der Waals surface area contributed by atoms with E-state index in [1.807, 2.05) is 13.8 Å². The van der Waals surface area contributed by atoms with Gasteiger partial charge in [-0.25, -0.2) is 0 Å². The molecule has 0 aliphatic heterocycles. The van der Waals surface area contributed by atoms with E-state index in [2.05, 4.69) is 13.8 Å². The van der Waals surface area contributed by atoms with Gasteiger partial charge in [0.15, 0.2) is 5.25 Å². The minimum absolute atomic E-state index is 0.0784. The molecule has 0 aromatic rings. The van der Waals surface area contributed by atoms with Gasteiger partial charge in [0.25, 0.3) is 10.1 Å². The highest BCUT2D eigenvalue weighted by molar-refractivity contribution is 7.87. The third kappa shape index (κ3) is 12.9. The normalized spacial score (nSPS) is 14.8. The molecule has 8 heteroatoms. The van der Waals surface area contributed by atoms with Crippen molar-refractivity contribution in [3.8, 4) is 0 Å². The number of carbonyl (C=O) groups excluding carboxylic acids is 2. The summed E-state index contributed by atoms with van der Waals surface area (Å²) in [6, 6.07) is 0. The number of unbranched alkanes of at least 4 members (excludes halogenated alkanes) is 3. The summed E-state index contributed by atoms with van der Waals surface area (Å²) in [5.41, 5.74) is 0. The van der Waals surface area contributed by atoms with Crippen LogP contribution in [0.1, 0.15) is 91.9 Å². The van der Waals surface area contributed by atoms with Crippen molar-refractivity contribution in [3.63, 3.8) is 0 Å². The van der Waals surface area contributed by atoms with Crippen LogP contribution in [0, 0.1) is 11.8 Å². The quantitative estimate of drug-likeness (QED) is 0.203. The van der Waals surface area contributed by atoms with E-state index in [-0.39, 0.29) is 25.0 Å². The summed E-state index contributed by atoms with van der Waals surface area (Å²) in [7, 11) is -4.77. The number of esters is 2. The Hall–Kier alpha value is -1.15. The number of hydrogen-bond acceptors (Lipinski definition) is 6. The van der Waals surface area contributed by atoms with Crippen LogP contribution in [0.2, 0.25) is 0 Å². The maximum atomic E-state index is 12.2. The Balaban J connectivity index is 4.71. The topological polar surface area (TPSA) is 107 Å². The van der Waals surface area contributed by atoms with Crippen molar-refractivity contribution in [1.82, 2.24) is 0 Å². The molecule has 0 rings (SSSR count). The van der Waals surface area contributed by atoms with Gasteiger partial charge in [0.05, 0.1) is 19.6 Å². The zero-order valence-electron chi connectivity index (χ0n) is 18.5. The van der Waals surface area contributed by atoms with Gasteiger partial charge in [-0.3, -0.25) is 14.1 Å². The Labute approximate surface area is 176 Å². The van der Waals surface area contributed by atoms with E-state index < -0.39 is 33.7 Å². The Morgan fingerprint density at radius 1 is 0.828 bits per heavy atom. The molecule has 0 bridgehead atoms. The molecule has 7 nitrogen and oxygen atoms in total. The van der Waals surface area contributed by atoms with Crippen LogP contribution in [0.5, 0.6) is 0 Å². The zero-order chi connectivity index (χ0) is 22.3. The molecular formula is C21H40O7S. The second-order valence-corrected chi connectivity index (χ2v) is 9.31. The molecule has 0 amide bonds. The minimum Gasteiger partial charge on any atom is -0.465 e. The van der Waals surface area contributed by atoms with Crippen molar-refractivity contribution in [2.24, 2.45) is 11.8 Å². The van der Waals surface area contributed by atoms with Crippen LogP contribution in [-0.4, -0.2) is 43.4 Å². The van der Waals surface area contributed by atoms with Crippen molar-refractivity contribution < 1.29 is 32.0 Å². The minimum atomic E-state index is -4.77. The van der Waals surface area contributed by atoms with E-state index in [0.717, 1.165) is 57.8 Å². The average molecular weight is 437 g/mol. The van der Waals surface area contributed by atoms with Crippen LogP contribution in [0.15, 0.2) is 0 Å². The first-order valence-corrected chi connectivity index (χ1v) is 12.5. The largest absolute Gasteiger partial charge is 0.465 e. The summed E-state index contributed by atoms with van der Waals surface area (Å²) in [6.07, 6.45) is 7.93. The van der Waals surface area contributed by atoms with Crippen molar-refractivity contribution in [2.45, 2.75) is 97.2 Å². The molecule has 0 radical (unpaired) electrons. The molecule has 0 heterocycles. The smallest absolute Gasteiger partial charge is 0.327 e. The fourth-order valence-electron chi connectivity index (χ4n) is 3.01. The lowest BCUT2D eigenvalue weighted by Gasteiger charge is -2.18. The highest BCUT2D eigenvalue weighted by atomic mass is 32.2. The first-order valence-electron chi connectivity index (χ1n) is 11.0. The maximum Gasteiger partial charge on any atom is 0.327 e. The third-order valence-electron chi connectivity index (χ3n) is 5.25. The summed E-state index contributed by atoms with van der Waals surface area (Å²) in [4.78, 5) is 24.3.